The van der Waals surface area contributed by atoms with Gasteiger partial charge in [0.2, 0.25) is 5.91 Å². The molecule has 2 aromatic carbocycles. The molecular weight excluding hydrogens is 377 g/mol. The Morgan fingerprint density at radius 3 is 2.30 bits per heavy atom. The van der Waals surface area contributed by atoms with Crippen molar-refractivity contribution < 1.29 is 22.8 Å². The largest absolute Gasteiger partial charge is 0.329 e. The molecule has 0 aromatic heterocycles. The number of thioether (sulfide) groups is 1. The number of amides is 2. The van der Waals surface area contributed by atoms with Gasteiger partial charge in [0.15, 0.2) is 17.5 Å². The summed E-state index contributed by atoms with van der Waals surface area (Å²) in [6.45, 7) is 1.83. The van der Waals surface area contributed by atoms with Crippen molar-refractivity contribution in [1.29, 1.82) is 0 Å². The number of hydrogen-bond acceptors (Lipinski definition) is 3. The highest BCUT2D eigenvalue weighted by atomic mass is 32.2. The number of benzene rings is 2. The molecule has 2 rings (SSSR count). The van der Waals surface area contributed by atoms with Gasteiger partial charge in [-0.3, -0.25) is 9.59 Å². The number of carbonyl (C=O) groups excluding carboxylic acids is 2. The highest BCUT2D eigenvalue weighted by Crippen LogP contribution is 2.20. The first-order valence-electron chi connectivity index (χ1n) is 8.24. The fourth-order valence-electron chi connectivity index (χ4n) is 2.42. The fraction of sp³-hybridized carbons (Fsp3) is 0.263. The molecule has 0 fully saturated rings. The monoisotopic (exact) mass is 396 g/mol. The van der Waals surface area contributed by atoms with E-state index in [2.05, 4.69) is 5.32 Å². The van der Waals surface area contributed by atoms with Crippen LogP contribution >= 0.6 is 11.8 Å². The predicted octanol–water partition coefficient (Wildman–Crippen LogP) is 4.32. The predicted molar refractivity (Wildman–Crippen MR) is 99.4 cm³/mol. The summed E-state index contributed by atoms with van der Waals surface area (Å²) in [7, 11) is 0. The molecule has 0 saturated carbocycles. The highest BCUT2D eigenvalue weighted by Gasteiger charge is 2.20. The first-order chi connectivity index (χ1) is 12.9. The minimum Gasteiger partial charge on any atom is -0.329 e. The van der Waals surface area contributed by atoms with Gasteiger partial charge in [0, 0.05) is 17.0 Å². The molecule has 0 aliphatic heterocycles. The second-order valence-corrected chi connectivity index (χ2v) is 6.61. The van der Waals surface area contributed by atoms with E-state index in [9.17, 15) is 22.8 Å². The van der Waals surface area contributed by atoms with Crippen LogP contribution in [0, 0.1) is 17.5 Å². The number of halogens is 3. The van der Waals surface area contributed by atoms with Crippen LogP contribution in [-0.2, 0) is 4.79 Å². The molecule has 2 aromatic rings. The zero-order chi connectivity index (χ0) is 20.0. The number of rotatable bonds is 7. The van der Waals surface area contributed by atoms with Gasteiger partial charge in [-0.1, -0.05) is 6.92 Å². The summed E-state index contributed by atoms with van der Waals surface area (Å²) in [5.41, 5.74) is -0.0554. The number of nitrogens with one attached hydrogen (secondary N) is 1. The van der Waals surface area contributed by atoms with Crippen molar-refractivity contribution in [2.75, 3.05) is 24.7 Å². The van der Waals surface area contributed by atoms with Crippen molar-refractivity contribution in [2.45, 2.75) is 18.2 Å². The van der Waals surface area contributed by atoms with Gasteiger partial charge in [-0.25, -0.2) is 13.2 Å². The third-order valence-corrected chi connectivity index (χ3v) is 4.51. The molecule has 1 N–H and O–H groups in total. The summed E-state index contributed by atoms with van der Waals surface area (Å²) in [6, 6.07) is 8.60. The first-order valence-corrected chi connectivity index (χ1v) is 9.46. The van der Waals surface area contributed by atoms with Crippen LogP contribution in [0.3, 0.4) is 0 Å². The lowest BCUT2D eigenvalue weighted by atomic mass is 10.2. The molecule has 2 amide bonds. The quantitative estimate of drug-likeness (QED) is 0.560. The summed E-state index contributed by atoms with van der Waals surface area (Å²) in [5.74, 6) is -5.54. The molecule has 144 valence electrons. The van der Waals surface area contributed by atoms with Crippen LogP contribution in [0.15, 0.2) is 41.3 Å². The molecule has 0 spiro atoms. The Hall–Kier alpha value is -2.48. The average molecular weight is 396 g/mol. The van der Waals surface area contributed by atoms with Gasteiger partial charge in [0.25, 0.3) is 5.91 Å². The molecule has 0 radical (unpaired) electrons. The van der Waals surface area contributed by atoms with Gasteiger partial charge < -0.3 is 10.2 Å². The Morgan fingerprint density at radius 1 is 1.04 bits per heavy atom. The Bertz CT molecular complexity index is 828. The van der Waals surface area contributed by atoms with E-state index in [1.807, 2.05) is 13.2 Å². The lowest BCUT2D eigenvalue weighted by Crippen LogP contribution is -2.38. The molecule has 0 unspecified atom stereocenters. The van der Waals surface area contributed by atoms with Gasteiger partial charge in [0.1, 0.15) is 6.54 Å². The molecule has 0 bridgehead atoms. The van der Waals surface area contributed by atoms with Crippen molar-refractivity contribution in [3.05, 3.63) is 59.4 Å². The van der Waals surface area contributed by atoms with Crippen LogP contribution in [0.2, 0.25) is 0 Å². The molecule has 27 heavy (non-hydrogen) atoms. The maximum atomic E-state index is 13.7. The van der Waals surface area contributed by atoms with E-state index >= 15 is 0 Å². The van der Waals surface area contributed by atoms with E-state index in [4.69, 9.17) is 0 Å². The third kappa shape index (κ3) is 5.26. The minimum absolute atomic E-state index is 0.316. The molecular formula is C19H19F3N2O2S. The van der Waals surface area contributed by atoms with Gasteiger partial charge in [-0.2, -0.15) is 0 Å². The summed E-state index contributed by atoms with van der Waals surface area (Å²) in [6.07, 6.45) is 2.53. The number of hydrogen-bond donors (Lipinski definition) is 1. The Balaban J connectivity index is 2.11. The summed E-state index contributed by atoms with van der Waals surface area (Å²) < 4.78 is 39.9. The Kier molecular flexibility index (Phi) is 7.29. The smallest absolute Gasteiger partial charge is 0.254 e. The Labute approximate surface area is 159 Å². The van der Waals surface area contributed by atoms with E-state index in [1.165, 1.54) is 4.90 Å². The first kappa shape index (κ1) is 20.8. The van der Waals surface area contributed by atoms with Crippen LogP contribution in [0.25, 0.3) is 0 Å². The summed E-state index contributed by atoms with van der Waals surface area (Å²) in [4.78, 5) is 27.2. The summed E-state index contributed by atoms with van der Waals surface area (Å²) >= 11 is 1.54. The van der Waals surface area contributed by atoms with Gasteiger partial charge >= 0.3 is 0 Å². The van der Waals surface area contributed by atoms with Crippen LogP contribution in [-0.4, -0.2) is 36.1 Å². The van der Waals surface area contributed by atoms with Crippen LogP contribution in [0.5, 0.6) is 0 Å². The van der Waals surface area contributed by atoms with E-state index in [0.717, 1.165) is 17.0 Å². The van der Waals surface area contributed by atoms with Crippen molar-refractivity contribution >= 4 is 29.3 Å². The summed E-state index contributed by atoms with van der Waals surface area (Å²) in [5, 5.41) is 2.17. The molecule has 4 nitrogen and oxygen atoms in total. The topological polar surface area (TPSA) is 49.4 Å². The second-order valence-electron chi connectivity index (χ2n) is 5.73. The molecule has 0 aliphatic carbocycles. The highest BCUT2D eigenvalue weighted by molar-refractivity contribution is 7.98. The average Bonchev–Trinajstić information content (AvgIpc) is 2.67. The zero-order valence-corrected chi connectivity index (χ0v) is 15.7. The third-order valence-electron chi connectivity index (χ3n) is 3.76. The van der Waals surface area contributed by atoms with Crippen molar-refractivity contribution in [1.82, 2.24) is 4.90 Å². The second kappa shape index (κ2) is 9.45. The van der Waals surface area contributed by atoms with E-state index in [1.54, 1.807) is 36.0 Å². The molecule has 0 heterocycles. The SMILES string of the molecule is CCCN(CC(=O)Nc1ccc(F)c(F)c1F)C(=O)c1ccc(SC)cc1. The van der Waals surface area contributed by atoms with Crippen LogP contribution < -0.4 is 5.32 Å². The normalized spacial score (nSPS) is 10.6. The standard InChI is InChI=1S/C19H19F3N2O2S/c1-3-10-24(19(26)12-4-6-13(27-2)7-5-12)11-16(25)23-15-9-8-14(20)17(21)18(15)22/h4-9H,3,10-11H2,1-2H3,(H,23,25). The Morgan fingerprint density at radius 2 is 1.70 bits per heavy atom. The lowest BCUT2D eigenvalue weighted by molar-refractivity contribution is -0.116. The fourth-order valence-corrected chi connectivity index (χ4v) is 2.83. The lowest BCUT2D eigenvalue weighted by Gasteiger charge is -2.22. The number of nitrogens with zero attached hydrogens (tertiary/aromatic N) is 1. The zero-order valence-electron chi connectivity index (χ0n) is 14.9. The molecule has 8 heteroatoms. The van der Waals surface area contributed by atoms with Crippen LogP contribution in [0.1, 0.15) is 23.7 Å². The van der Waals surface area contributed by atoms with Crippen molar-refractivity contribution in [2.24, 2.45) is 0 Å². The maximum Gasteiger partial charge on any atom is 0.254 e. The van der Waals surface area contributed by atoms with E-state index in [-0.39, 0.29) is 12.5 Å². The van der Waals surface area contributed by atoms with E-state index in [0.29, 0.717) is 18.5 Å². The van der Waals surface area contributed by atoms with Gasteiger partial charge in [-0.15, -0.1) is 11.8 Å². The van der Waals surface area contributed by atoms with Gasteiger partial charge in [-0.05, 0) is 49.1 Å². The van der Waals surface area contributed by atoms with E-state index < -0.39 is 29.0 Å². The number of carbonyl (C=O) groups is 2. The van der Waals surface area contributed by atoms with Crippen LogP contribution in [0.4, 0.5) is 18.9 Å². The molecule has 0 atom stereocenters. The van der Waals surface area contributed by atoms with Crippen molar-refractivity contribution in [3.63, 3.8) is 0 Å². The molecule has 0 saturated heterocycles. The molecule has 0 aliphatic rings. The number of anilines is 1. The van der Waals surface area contributed by atoms with Gasteiger partial charge in [0.05, 0.1) is 5.69 Å². The minimum atomic E-state index is -1.66. The maximum absolute atomic E-state index is 13.7. The van der Waals surface area contributed by atoms with Crippen molar-refractivity contribution in [3.8, 4) is 0 Å².